The number of hydrogen-bond acceptors (Lipinski definition) is 1. The van der Waals surface area contributed by atoms with Crippen LogP contribution in [0.15, 0.2) is 46.9 Å². The van der Waals surface area contributed by atoms with E-state index in [1.54, 1.807) is 0 Å². The SMILES string of the molecule is Cc1ccc(CCCC(=O)Nc2ccc(Br)cc2C)cc1. The molecule has 0 spiro atoms. The molecule has 0 unspecified atom stereocenters. The van der Waals surface area contributed by atoms with Gasteiger partial charge in [0.25, 0.3) is 0 Å². The molecule has 1 N–H and O–H groups in total. The lowest BCUT2D eigenvalue weighted by Crippen LogP contribution is -2.12. The molecule has 0 aliphatic rings. The smallest absolute Gasteiger partial charge is 0.224 e. The van der Waals surface area contributed by atoms with Crippen LogP contribution in [0.2, 0.25) is 0 Å². The number of rotatable bonds is 5. The van der Waals surface area contributed by atoms with Gasteiger partial charge in [-0.3, -0.25) is 4.79 Å². The van der Waals surface area contributed by atoms with Crippen LogP contribution in [-0.4, -0.2) is 5.91 Å². The Labute approximate surface area is 134 Å². The van der Waals surface area contributed by atoms with E-state index in [-0.39, 0.29) is 5.91 Å². The zero-order chi connectivity index (χ0) is 15.2. The number of hydrogen-bond donors (Lipinski definition) is 1. The number of amides is 1. The molecule has 0 saturated carbocycles. The zero-order valence-corrected chi connectivity index (χ0v) is 14.0. The van der Waals surface area contributed by atoms with Gasteiger partial charge in [-0.05, 0) is 56.0 Å². The molecule has 2 rings (SSSR count). The molecule has 2 nitrogen and oxygen atoms in total. The molecule has 0 aliphatic heterocycles. The van der Waals surface area contributed by atoms with Crippen LogP contribution in [0.1, 0.15) is 29.5 Å². The molecule has 1 amide bonds. The van der Waals surface area contributed by atoms with Crippen LogP contribution in [0.25, 0.3) is 0 Å². The Morgan fingerprint density at radius 3 is 2.48 bits per heavy atom. The molecule has 0 atom stereocenters. The molecule has 0 saturated heterocycles. The van der Waals surface area contributed by atoms with Crippen molar-refractivity contribution in [1.82, 2.24) is 0 Å². The molecule has 0 fully saturated rings. The summed E-state index contributed by atoms with van der Waals surface area (Å²) >= 11 is 3.42. The quantitative estimate of drug-likeness (QED) is 0.809. The normalized spacial score (nSPS) is 10.4. The molecule has 0 heterocycles. The van der Waals surface area contributed by atoms with Crippen molar-refractivity contribution >= 4 is 27.5 Å². The Morgan fingerprint density at radius 2 is 1.81 bits per heavy atom. The van der Waals surface area contributed by atoms with Gasteiger partial charge in [-0.25, -0.2) is 0 Å². The van der Waals surface area contributed by atoms with Crippen molar-refractivity contribution < 1.29 is 4.79 Å². The molecule has 110 valence electrons. The van der Waals surface area contributed by atoms with Crippen molar-refractivity contribution in [2.24, 2.45) is 0 Å². The summed E-state index contributed by atoms with van der Waals surface area (Å²) < 4.78 is 1.03. The highest BCUT2D eigenvalue weighted by Crippen LogP contribution is 2.20. The number of benzene rings is 2. The van der Waals surface area contributed by atoms with Gasteiger partial charge in [-0.15, -0.1) is 0 Å². The largest absolute Gasteiger partial charge is 0.326 e. The van der Waals surface area contributed by atoms with Gasteiger partial charge in [-0.1, -0.05) is 45.8 Å². The molecule has 0 radical (unpaired) electrons. The summed E-state index contributed by atoms with van der Waals surface area (Å²) in [5, 5.41) is 2.97. The van der Waals surface area contributed by atoms with E-state index in [9.17, 15) is 4.79 Å². The lowest BCUT2D eigenvalue weighted by molar-refractivity contribution is -0.116. The third-order valence-corrected chi connectivity index (χ3v) is 3.95. The molecule has 21 heavy (non-hydrogen) atoms. The number of anilines is 1. The number of nitrogens with one attached hydrogen (secondary N) is 1. The highest BCUT2D eigenvalue weighted by molar-refractivity contribution is 9.10. The van der Waals surface area contributed by atoms with E-state index in [1.807, 2.05) is 25.1 Å². The summed E-state index contributed by atoms with van der Waals surface area (Å²) in [6, 6.07) is 14.4. The first kappa shape index (κ1) is 15.8. The minimum atomic E-state index is 0.0764. The first-order valence-corrected chi connectivity index (χ1v) is 7.95. The van der Waals surface area contributed by atoms with Crippen molar-refractivity contribution in [2.75, 3.05) is 5.32 Å². The third kappa shape index (κ3) is 5.01. The number of aryl methyl sites for hydroxylation is 3. The van der Waals surface area contributed by atoms with Gasteiger partial charge in [0.15, 0.2) is 0 Å². The Morgan fingerprint density at radius 1 is 1.10 bits per heavy atom. The molecular weight excluding hydrogens is 326 g/mol. The molecule has 0 aromatic heterocycles. The first-order valence-electron chi connectivity index (χ1n) is 7.16. The van der Waals surface area contributed by atoms with Crippen LogP contribution in [0.3, 0.4) is 0 Å². The summed E-state index contributed by atoms with van der Waals surface area (Å²) in [5.74, 6) is 0.0764. The predicted octanol–water partition coefficient (Wildman–Crippen LogP) is 5.03. The van der Waals surface area contributed by atoms with Crippen molar-refractivity contribution in [1.29, 1.82) is 0 Å². The van der Waals surface area contributed by atoms with Gasteiger partial charge in [0.2, 0.25) is 5.91 Å². The van der Waals surface area contributed by atoms with E-state index in [0.717, 1.165) is 28.6 Å². The molecule has 3 heteroatoms. The van der Waals surface area contributed by atoms with E-state index < -0.39 is 0 Å². The van der Waals surface area contributed by atoms with Crippen LogP contribution >= 0.6 is 15.9 Å². The van der Waals surface area contributed by atoms with Crippen LogP contribution < -0.4 is 5.32 Å². The summed E-state index contributed by atoms with van der Waals surface area (Å²) in [5.41, 5.74) is 4.50. The minimum Gasteiger partial charge on any atom is -0.326 e. The van der Waals surface area contributed by atoms with Crippen molar-refractivity contribution in [3.05, 3.63) is 63.6 Å². The van der Waals surface area contributed by atoms with Gasteiger partial charge in [0, 0.05) is 16.6 Å². The van der Waals surface area contributed by atoms with E-state index in [4.69, 9.17) is 0 Å². The lowest BCUT2D eigenvalue weighted by atomic mass is 10.1. The molecule has 0 bridgehead atoms. The van der Waals surface area contributed by atoms with Crippen LogP contribution in [0, 0.1) is 13.8 Å². The summed E-state index contributed by atoms with van der Waals surface area (Å²) in [6.45, 7) is 4.07. The molecular formula is C18H20BrNO. The summed E-state index contributed by atoms with van der Waals surface area (Å²) in [4.78, 5) is 12.0. The second kappa shape index (κ2) is 7.41. The highest BCUT2D eigenvalue weighted by atomic mass is 79.9. The van der Waals surface area contributed by atoms with Gasteiger partial charge in [0.05, 0.1) is 0 Å². The average molecular weight is 346 g/mol. The second-order valence-electron chi connectivity index (χ2n) is 5.35. The van der Waals surface area contributed by atoms with Crippen molar-refractivity contribution in [3.63, 3.8) is 0 Å². The Bertz CT molecular complexity index is 620. The van der Waals surface area contributed by atoms with Crippen LogP contribution in [-0.2, 0) is 11.2 Å². The average Bonchev–Trinajstić information content (AvgIpc) is 2.44. The maximum Gasteiger partial charge on any atom is 0.224 e. The van der Waals surface area contributed by atoms with Crippen LogP contribution in [0.4, 0.5) is 5.69 Å². The number of halogens is 1. The van der Waals surface area contributed by atoms with Gasteiger partial charge in [-0.2, -0.15) is 0 Å². The Kier molecular flexibility index (Phi) is 5.57. The van der Waals surface area contributed by atoms with E-state index in [0.29, 0.717) is 6.42 Å². The predicted molar refractivity (Wildman–Crippen MR) is 91.6 cm³/mol. The fourth-order valence-corrected chi connectivity index (χ4v) is 2.66. The number of carbonyl (C=O) groups is 1. The summed E-state index contributed by atoms with van der Waals surface area (Å²) in [7, 11) is 0. The number of carbonyl (C=O) groups excluding carboxylic acids is 1. The van der Waals surface area contributed by atoms with Gasteiger partial charge in [0.1, 0.15) is 0 Å². The fourth-order valence-electron chi connectivity index (χ4n) is 2.19. The first-order chi connectivity index (χ1) is 10.0. The Balaban J connectivity index is 1.81. The van der Waals surface area contributed by atoms with E-state index >= 15 is 0 Å². The van der Waals surface area contributed by atoms with Crippen molar-refractivity contribution in [2.45, 2.75) is 33.1 Å². The minimum absolute atomic E-state index is 0.0764. The zero-order valence-electron chi connectivity index (χ0n) is 12.4. The topological polar surface area (TPSA) is 29.1 Å². The molecule has 2 aromatic carbocycles. The fraction of sp³-hybridized carbons (Fsp3) is 0.278. The van der Waals surface area contributed by atoms with Crippen LogP contribution in [0.5, 0.6) is 0 Å². The molecule has 2 aromatic rings. The maximum absolute atomic E-state index is 12.0. The van der Waals surface area contributed by atoms with Gasteiger partial charge >= 0.3 is 0 Å². The summed E-state index contributed by atoms with van der Waals surface area (Å²) in [6.07, 6.45) is 2.35. The monoisotopic (exact) mass is 345 g/mol. The van der Waals surface area contributed by atoms with E-state index in [2.05, 4.69) is 52.4 Å². The van der Waals surface area contributed by atoms with E-state index in [1.165, 1.54) is 11.1 Å². The maximum atomic E-state index is 12.0. The Hall–Kier alpha value is -1.61. The lowest BCUT2D eigenvalue weighted by Gasteiger charge is -2.09. The second-order valence-corrected chi connectivity index (χ2v) is 6.26. The standard InChI is InChI=1S/C18H20BrNO/c1-13-6-8-15(9-7-13)4-3-5-18(21)20-17-11-10-16(19)12-14(17)2/h6-12H,3-5H2,1-2H3,(H,20,21). The van der Waals surface area contributed by atoms with Gasteiger partial charge < -0.3 is 5.32 Å². The molecule has 0 aliphatic carbocycles. The highest BCUT2D eigenvalue weighted by Gasteiger charge is 2.05. The third-order valence-electron chi connectivity index (χ3n) is 3.45. The van der Waals surface area contributed by atoms with Crippen molar-refractivity contribution in [3.8, 4) is 0 Å².